The molecule has 0 unspecified atom stereocenters. The average molecular weight is 489 g/mol. The summed E-state index contributed by atoms with van der Waals surface area (Å²) < 4.78 is 53.2. The molecule has 1 amide bonds. The minimum atomic E-state index is -4.71. The van der Waals surface area contributed by atoms with Crippen molar-refractivity contribution < 1.29 is 27.5 Å². The summed E-state index contributed by atoms with van der Waals surface area (Å²) in [5.74, 6) is -2.51. The zero-order valence-electron chi connectivity index (χ0n) is 16.0. The highest BCUT2D eigenvalue weighted by Crippen LogP contribution is 2.30. The molecule has 0 aliphatic carbocycles. The van der Waals surface area contributed by atoms with Gasteiger partial charge in [0.25, 0.3) is 11.5 Å². The van der Waals surface area contributed by atoms with Crippen LogP contribution in [0.1, 0.15) is 27.0 Å². The van der Waals surface area contributed by atoms with Gasteiger partial charge in [-0.25, -0.2) is 4.39 Å². The lowest BCUT2D eigenvalue weighted by atomic mass is 10.1. The Balaban J connectivity index is 1.82. The Bertz CT molecular complexity index is 1240. The van der Waals surface area contributed by atoms with Crippen LogP contribution in [0.4, 0.5) is 17.6 Å². The maximum Gasteiger partial charge on any atom is 0.416 e. The number of amides is 1. The molecule has 0 aliphatic heterocycles. The molecule has 0 saturated heterocycles. The van der Waals surface area contributed by atoms with Crippen LogP contribution < -0.4 is 10.9 Å². The number of halogens is 6. The van der Waals surface area contributed by atoms with Crippen molar-refractivity contribution in [2.24, 2.45) is 0 Å². The van der Waals surface area contributed by atoms with E-state index in [-0.39, 0.29) is 22.7 Å². The van der Waals surface area contributed by atoms with E-state index in [4.69, 9.17) is 23.2 Å². The van der Waals surface area contributed by atoms with Crippen molar-refractivity contribution in [1.82, 2.24) is 9.88 Å². The van der Waals surface area contributed by atoms with Gasteiger partial charge in [0.1, 0.15) is 11.6 Å². The van der Waals surface area contributed by atoms with Crippen LogP contribution in [0.3, 0.4) is 0 Å². The molecule has 32 heavy (non-hydrogen) atoms. The van der Waals surface area contributed by atoms with E-state index in [2.05, 4.69) is 5.32 Å². The number of rotatable bonds is 5. The van der Waals surface area contributed by atoms with Crippen LogP contribution in [0.25, 0.3) is 0 Å². The highest BCUT2D eigenvalue weighted by Gasteiger charge is 2.31. The zero-order valence-corrected chi connectivity index (χ0v) is 17.5. The topological polar surface area (TPSA) is 71.3 Å². The number of hydrogen-bond donors (Lipinski definition) is 2. The van der Waals surface area contributed by atoms with Gasteiger partial charge in [0.2, 0.25) is 0 Å². The Kier molecular flexibility index (Phi) is 6.80. The Morgan fingerprint density at radius 3 is 2.41 bits per heavy atom. The standard InChI is InChI=1S/C21H14Cl2F4N2O3/c22-15-4-1-11(5-16(15)23)8-28-20(32)14-10-29(19(31)7-18(14)30)9-12-2-3-13(6-17(12)24)21(25,26)27/h1-7,10,30H,8-9H2,(H,28,32). The molecular formula is C21H14Cl2F4N2O3. The number of aromatic hydroxyl groups is 1. The third-order valence-corrected chi connectivity index (χ3v) is 5.25. The second-order valence-electron chi connectivity index (χ2n) is 6.77. The van der Waals surface area contributed by atoms with Crippen molar-refractivity contribution >= 4 is 29.1 Å². The number of benzene rings is 2. The van der Waals surface area contributed by atoms with E-state index >= 15 is 0 Å². The number of alkyl halides is 3. The van der Waals surface area contributed by atoms with E-state index in [1.807, 2.05) is 0 Å². The van der Waals surface area contributed by atoms with Crippen molar-refractivity contribution in [3.8, 4) is 5.75 Å². The van der Waals surface area contributed by atoms with Gasteiger partial charge in [0, 0.05) is 24.4 Å². The van der Waals surface area contributed by atoms with Crippen LogP contribution in [0.5, 0.6) is 5.75 Å². The molecule has 0 bridgehead atoms. The van der Waals surface area contributed by atoms with E-state index in [1.165, 1.54) is 0 Å². The lowest BCUT2D eigenvalue weighted by Gasteiger charge is -2.13. The lowest BCUT2D eigenvalue weighted by molar-refractivity contribution is -0.137. The van der Waals surface area contributed by atoms with Crippen LogP contribution in [0.2, 0.25) is 10.0 Å². The van der Waals surface area contributed by atoms with Gasteiger partial charge in [0.05, 0.1) is 27.7 Å². The summed E-state index contributed by atoms with van der Waals surface area (Å²) in [6, 6.07) is 7.39. The molecule has 0 saturated carbocycles. The molecule has 0 fully saturated rings. The predicted octanol–water partition coefficient (Wildman–Crippen LogP) is 5.00. The average Bonchev–Trinajstić information content (AvgIpc) is 2.71. The first kappa shape index (κ1) is 23.6. The van der Waals surface area contributed by atoms with Crippen molar-refractivity contribution in [2.75, 3.05) is 0 Å². The largest absolute Gasteiger partial charge is 0.507 e. The molecule has 168 valence electrons. The number of pyridine rings is 1. The summed E-state index contributed by atoms with van der Waals surface area (Å²) >= 11 is 11.8. The number of nitrogens with one attached hydrogen (secondary N) is 1. The Morgan fingerprint density at radius 2 is 1.78 bits per heavy atom. The smallest absolute Gasteiger partial charge is 0.416 e. The Hall–Kier alpha value is -3.04. The van der Waals surface area contributed by atoms with E-state index in [9.17, 15) is 32.3 Å². The monoisotopic (exact) mass is 488 g/mol. The molecule has 5 nitrogen and oxygen atoms in total. The van der Waals surface area contributed by atoms with Gasteiger partial charge in [-0.05, 0) is 29.8 Å². The van der Waals surface area contributed by atoms with Crippen LogP contribution in [-0.4, -0.2) is 15.6 Å². The summed E-state index contributed by atoms with van der Waals surface area (Å²) in [4.78, 5) is 24.6. The maximum atomic E-state index is 14.1. The third kappa shape index (κ3) is 5.41. The molecule has 11 heteroatoms. The first-order chi connectivity index (χ1) is 15.0. The quantitative estimate of drug-likeness (QED) is 0.496. The van der Waals surface area contributed by atoms with E-state index in [0.717, 1.165) is 22.9 Å². The SMILES string of the molecule is O=C(NCc1ccc(Cl)c(Cl)c1)c1cn(Cc2ccc(C(F)(F)F)cc2F)c(=O)cc1O. The fraction of sp³-hybridized carbons (Fsp3) is 0.143. The molecule has 0 aliphatic rings. The molecule has 0 spiro atoms. The molecule has 3 aromatic rings. The first-order valence-corrected chi connectivity index (χ1v) is 9.72. The molecule has 1 aromatic heterocycles. The maximum absolute atomic E-state index is 14.1. The van der Waals surface area contributed by atoms with Crippen molar-refractivity contribution in [2.45, 2.75) is 19.3 Å². The fourth-order valence-electron chi connectivity index (χ4n) is 2.82. The van der Waals surface area contributed by atoms with Gasteiger partial charge >= 0.3 is 6.18 Å². The third-order valence-electron chi connectivity index (χ3n) is 4.51. The molecule has 0 atom stereocenters. The Labute approximate surface area is 188 Å². The summed E-state index contributed by atoms with van der Waals surface area (Å²) in [7, 11) is 0. The van der Waals surface area contributed by atoms with Gasteiger partial charge in [0.15, 0.2) is 0 Å². The molecule has 2 N–H and O–H groups in total. The molecule has 0 radical (unpaired) electrons. The zero-order chi connectivity index (χ0) is 23.6. The fourth-order valence-corrected chi connectivity index (χ4v) is 3.14. The van der Waals surface area contributed by atoms with E-state index in [1.54, 1.807) is 18.2 Å². The van der Waals surface area contributed by atoms with Crippen molar-refractivity contribution in [3.63, 3.8) is 0 Å². The van der Waals surface area contributed by atoms with Crippen LogP contribution in [0.15, 0.2) is 53.5 Å². The second kappa shape index (κ2) is 9.22. The van der Waals surface area contributed by atoms with Gasteiger partial charge in [-0.3, -0.25) is 9.59 Å². The summed E-state index contributed by atoms with van der Waals surface area (Å²) in [5.41, 5.74) is -1.81. The minimum absolute atomic E-state index is 0.0296. The second-order valence-corrected chi connectivity index (χ2v) is 7.59. The van der Waals surface area contributed by atoms with Crippen LogP contribution in [-0.2, 0) is 19.3 Å². The van der Waals surface area contributed by atoms with E-state index < -0.39 is 41.3 Å². The van der Waals surface area contributed by atoms with Gasteiger partial charge in [-0.1, -0.05) is 35.3 Å². The molecule has 1 heterocycles. The number of nitrogens with zero attached hydrogens (tertiary/aromatic N) is 1. The highest BCUT2D eigenvalue weighted by atomic mass is 35.5. The lowest BCUT2D eigenvalue weighted by Crippen LogP contribution is -2.27. The molecule has 2 aromatic carbocycles. The van der Waals surface area contributed by atoms with Crippen LogP contribution >= 0.6 is 23.2 Å². The van der Waals surface area contributed by atoms with E-state index in [0.29, 0.717) is 22.7 Å². The van der Waals surface area contributed by atoms with Crippen molar-refractivity contribution in [1.29, 1.82) is 0 Å². The van der Waals surface area contributed by atoms with Crippen molar-refractivity contribution in [3.05, 3.63) is 97.1 Å². The number of carbonyl (C=O) groups is 1. The summed E-state index contributed by atoms with van der Waals surface area (Å²) in [6.45, 7) is -0.419. The summed E-state index contributed by atoms with van der Waals surface area (Å²) in [5, 5.41) is 13.2. The molecular weight excluding hydrogens is 475 g/mol. The number of aromatic nitrogens is 1. The first-order valence-electron chi connectivity index (χ1n) is 8.97. The van der Waals surface area contributed by atoms with Crippen LogP contribution in [0, 0.1) is 5.82 Å². The Morgan fingerprint density at radius 1 is 1.06 bits per heavy atom. The number of hydrogen-bond acceptors (Lipinski definition) is 3. The van der Waals surface area contributed by atoms with Gasteiger partial charge in [-0.15, -0.1) is 0 Å². The molecule has 3 rings (SSSR count). The van der Waals surface area contributed by atoms with Gasteiger partial charge in [-0.2, -0.15) is 13.2 Å². The predicted molar refractivity (Wildman–Crippen MR) is 111 cm³/mol. The normalized spacial score (nSPS) is 11.4. The minimum Gasteiger partial charge on any atom is -0.507 e. The number of carbonyl (C=O) groups excluding carboxylic acids is 1. The summed E-state index contributed by atoms with van der Waals surface area (Å²) in [6.07, 6.45) is -3.72. The highest BCUT2D eigenvalue weighted by molar-refractivity contribution is 6.42. The van der Waals surface area contributed by atoms with Gasteiger partial charge < -0.3 is 15.0 Å².